The molecule has 11 nitrogen and oxygen atoms in total. The van der Waals surface area contributed by atoms with Gasteiger partial charge < -0.3 is 39.7 Å². The van der Waals surface area contributed by atoms with E-state index in [2.05, 4.69) is 15.5 Å². The Labute approximate surface area is 224 Å². The van der Waals surface area contributed by atoms with Crippen LogP contribution in [0.15, 0.2) is 94.3 Å². The number of aliphatic hydroxyl groups is 4. The van der Waals surface area contributed by atoms with Crippen molar-refractivity contribution in [1.29, 1.82) is 0 Å². The monoisotopic (exact) mass is 535 g/mol. The second-order valence-electron chi connectivity index (χ2n) is 8.60. The number of benzene rings is 3. The molecule has 0 aliphatic carbocycles. The molecule has 0 unspecified atom stereocenters. The molecule has 0 saturated carbocycles. The number of rotatable bonds is 11. The van der Waals surface area contributed by atoms with Crippen LogP contribution in [0.3, 0.4) is 0 Å². The van der Waals surface area contributed by atoms with Crippen molar-refractivity contribution < 1.29 is 39.7 Å². The highest BCUT2D eigenvalue weighted by Gasteiger charge is 2.44. The molecule has 0 radical (unpaired) electrons. The minimum Gasteiger partial charge on any atom is -0.394 e. The molecule has 39 heavy (non-hydrogen) atoms. The van der Waals surface area contributed by atoms with Gasteiger partial charge in [-0.25, -0.2) is 0 Å². The maximum atomic E-state index is 10.0. The van der Waals surface area contributed by atoms with Crippen molar-refractivity contribution in [1.82, 2.24) is 0 Å². The number of ether oxygens (including phenoxy) is 1. The normalized spacial score (nSPS) is 23.4. The summed E-state index contributed by atoms with van der Waals surface area (Å²) in [7, 11) is 0. The summed E-state index contributed by atoms with van der Waals surface area (Å²) >= 11 is 0. The lowest BCUT2D eigenvalue weighted by atomic mass is 9.99. The summed E-state index contributed by atoms with van der Waals surface area (Å²) < 4.78 is 5.24. The van der Waals surface area contributed by atoms with E-state index in [0.717, 1.165) is 16.7 Å². The Balaban J connectivity index is 1.28. The number of aliphatic hydroxyl groups excluding tert-OH is 4. The third kappa shape index (κ3) is 8.18. The first-order valence-electron chi connectivity index (χ1n) is 12.1. The molecule has 5 atom stereocenters. The molecule has 0 aromatic heterocycles. The van der Waals surface area contributed by atoms with E-state index in [9.17, 15) is 20.4 Å². The van der Waals surface area contributed by atoms with Crippen LogP contribution in [0.4, 0.5) is 0 Å². The quantitative estimate of drug-likeness (QED) is 0.214. The van der Waals surface area contributed by atoms with Crippen molar-refractivity contribution >= 4 is 18.6 Å². The van der Waals surface area contributed by atoms with E-state index in [1.54, 1.807) is 36.5 Å². The van der Waals surface area contributed by atoms with E-state index in [-0.39, 0.29) is 0 Å². The molecule has 3 aromatic rings. The zero-order valence-corrected chi connectivity index (χ0v) is 20.8. The summed E-state index contributed by atoms with van der Waals surface area (Å²) in [6.07, 6.45) is -2.49. The first kappa shape index (κ1) is 27.9. The highest BCUT2D eigenvalue weighted by molar-refractivity contribution is 5.85. The lowest BCUT2D eigenvalue weighted by Crippen LogP contribution is -2.58. The maximum absolute atomic E-state index is 10.0. The Morgan fingerprint density at radius 1 is 0.718 bits per heavy atom. The van der Waals surface area contributed by atoms with Gasteiger partial charge in [-0.1, -0.05) is 76.1 Å². The number of oxime groups is 3. The molecule has 1 saturated heterocycles. The van der Waals surface area contributed by atoms with Crippen molar-refractivity contribution in [2.24, 2.45) is 15.5 Å². The number of hydrogen-bond acceptors (Lipinski definition) is 11. The van der Waals surface area contributed by atoms with E-state index < -0.39 is 37.3 Å². The largest absolute Gasteiger partial charge is 0.394 e. The second-order valence-corrected chi connectivity index (χ2v) is 8.60. The summed E-state index contributed by atoms with van der Waals surface area (Å²) in [4.78, 5) is 15.9. The van der Waals surface area contributed by atoms with Crippen molar-refractivity contribution in [3.63, 3.8) is 0 Å². The van der Waals surface area contributed by atoms with E-state index in [1.807, 2.05) is 48.5 Å². The van der Waals surface area contributed by atoms with Gasteiger partial charge in [0.1, 0.15) is 31.0 Å². The molecular weight excluding hydrogens is 506 g/mol. The van der Waals surface area contributed by atoms with Crippen LogP contribution < -0.4 is 4.84 Å². The standard InChI is InChI=1S/C28H29N3O8/c32-17-24-25(33)26(34)27(35)28(37-24)39-31-16-21-9-4-8-20(12-21)15-30-38-23-11-5-10-22(13-23)14-29-36-18-19-6-2-1-3-7-19/h1-16,24-28,32-35H,17-18H2/b29-14+,30-15+,31-16+/t24-,25-,26+,27-,28+/m1/s1. The zero-order chi connectivity index (χ0) is 27.5. The van der Waals surface area contributed by atoms with Crippen molar-refractivity contribution in [3.8, 4) is 5.75 Å². The summed E-state index contributed by atoms with van der Waals surface area (Å²) in [6, 6.07) is 24.1. The van der Waals surface area contributed by atoms with Crippen LogP contribution in [0.1, 0.15) is 22.3 Å². The molecular formula is C28H29N3O8. The molecule has 1 aliphatic rings. The van der Waals surface area contributed by atoms with Gasteiger partial charge in [-0.15, -0.1) is 0 Å². The zero-order valence-electron chi connectivity index (χ0n) is 20.8. The van der Waals surface area contributed by atoms with E-state index in [4.69, 9.17) is 19.2 Å². The van der Waals surface area contributed by atoms with E-state index >= 15 is 0 Å². The third-order valence-electron chi connectivity index (χ3n) is 5.69. The van der Waals surface area contributed by atoms with E-state index in [0.29, 0.717) is 17.9 Å². The molecule has 3 aromatic carbocycles. The predicted octanol–water partition coefficient (Wildman–Crippen LogP) is 1.80. The van der Waals surface area contributed by atoms with Crippen LogP contribution in [0.25, 0.3) is 0 Å². The summed E-state index contributed by atoms with van der Waals surface area (Å²) in [5, 5.41) is 50.7. The fourth-order valence-electron chi connectivity index (χ4n) is 3.61. The van der Waals surface area contributed by atoms with Gasteiger partial charge in [-0.05, 0) is 40.5 Å². The lowest BCUT2D eigenvalue weighted by molar-refractivity contribution is -0.301. The van der Waals surface area contributed by atoms with Crippen LogP contribution >= 0.6 is 0 Å². The number of hydrogen-bond donors (Lipinski definition) is 4. The van der Waals surface area contributed by atoms with Gasteiger partial charge >= 0.3 is 0 Å². The van der Waals surface area contributed by atoms with Gasteiger partial charge in [0, 0.05) is 0 Å². The average molecular weight is 536 g/mol. The van der Waals surface area contributed by atoms with Gasteiger partial charge in [0.25, 0.3) is 6.29 Å². The van der Waals surface area contributed by atoms with Gasteiger partial charge in [0.05, 0.1) is 25.3 Å². The van der Waals surface area contributed by atoms with Gasteiger partial charge in [-0.3, -0.25) is 0 Å². The Hall–Kier alpha value is -4.13. The summed E-state index contributed by atoms with van der Waals surface area (Å²) in [6.45, 7) is -0.180. The molecule has 1 heterocycles. The van der Waals surface area contributed by atoms with Crippen LogP contribution in [0.2, 0.25) is 0 Å². The highest BCUT2D eigenvalue weighted by Crippen LogP contribution is 2.22. The van der Waals surface area contributed by atoms with Crippen molar-refractivity contribution in [2.75, 3.05) is 6.61 Å². The second kappa shape index (κ2) is 14.1. The molecule has 4 rings (SSSR count). The van der Waals surface area contributed by atoms with Gasteiger partial charge in [0.2, 0.25) is 0 Å². The molecule has 0 spiro atoms. The fourth-order valence-corrected chi connectivity index (χ4v) is 3.61. The average Bonchev–Trinajstić information content (AvgIpc) is 2.96. The van der Waals surface area contributed by atoms with Crippen LogP contribution in [0.5, 0.6) is 5.75 Å². The Kier molecular flexibility index (Phi) is 10.1. The molecule has 0 bridgehead atoms. The van der Waals surface area contributed by atoms with Crippen LogP contribution in [-0.2, 0) is 21.0 Å². The fraction of sp³-hybridized carbons (Fsp3) is 0.250. The topological polar surface area (TPSA) is 155 Å². The molecule has 204 valence electrons. The predicted molar refractivity (Wildman–Crippen MR) is 142 cm³/mol. The smallest absolute Gasteiger partial charge is 0.256 e. The minimum atomic E-state index is -1.54. The van der Waals surface area contributed by atoms with Crippen molar-refractivity contribution in [3.05, 3.63) is 101 Å². The Morgan fingerprint density at radius 2 is 1.38 bits per heavy atom. The molecule has 0 amide bonds. The lowest BCUT2D eigenvalue weighted by Gasteiger charge is -2.38. The highest BCUT2D eigenvalue weighted by atomic mass is 16.8. The first-order valence-corrected chi connectivity index (χ1v) is 12.1. The minimum absolute atomic E-state index is 0.376. The Bertz CT molecular complexity index is 1270. The van der Waals surface area contributed by atoms with Crippen LogP contribution in [0, 0.1) is 0 Å². The summed E-state index contributed by atoms with van der Waals surface area (Å²) in [5.41, 5.74) is 3.18. The van der Waals surface area contributed by atoms with Gasteiger partial charge in [0.15, 0.2) is 5.75 Å². The third-order valence-corrected chi connectivity index (χ3v) is 5.69. The van der Waals surface area contributed by atoms with Gasteiger partial charge in [-0.2, -0.15) is 0 Å². The van der Waals surface area contributed by atoms with Crippen LogP contribution in [-0.4, -0.2) is 76.4 Å². The summed E-state index contributed by atoms with van der Waals surface area (Å²) in [5.74, 6) is 0.518. The molecule has 11 heteroatoms. The van der Waals surface area contributed by atoms with E-state index in [1.165, 1.54) is 12.4 Å². The molecule has 4 N–H and O–H groups in total. The van der Waals surface area contributed by atoms with Crippen molar-refractivity contribution in [2.45, 2.75) is 37.3 Å². The Morgan fingerprint density at radius 3 is 2.13 bits per heavy atom. The molecule has 1 fully saturated rings. The maximum Gasteiger partial charge on any atom is 0.256 e. The first-order chi connectivity index (χ1) is 19.0. The number of nitrogens with zero attached hydrogens (tertiary/aromatic N) is 3. The SMILES string of the molecule is OC[C@H]1O[C@@H](O/N=C/c2cccc(/C=N/Oc3cccc(/C=N/OCc4ccccc4)c3)c2)[C@H](O)[C@@H](O)[C@@H]1O. The molecule has 1 aliphatic heterocycles.